The lowest BCUT2D eigenvalue weighted by Gasteiger charge is -2.21. The van der Waals surface area contributed by atoms with Crippen molar-refractivity contribution < 1.29 is 14.3 Å². The normalized spacial score (nSPS) is 25.7. The predicted molar refractivity (Wildman–Crippen MR) is 57.7 cm³/mol. The summed E-state index contributed by atoms with van der Waals surface area (Å²) >= 11 is 3.21. The van der Waals surface area contributed by atoms with Crippen LogP contribution < -0.4 is 5.32 Å². The first-order chi connectivity index (χ1) is 7.12. The van der Waals surface area contributed by atoms with E-state index in [1.165, 1.54) is 0 Å². The van der Waals surface area contributed by atoms with Crippen LogP contribution in [0, 0.1) is 5.41 Å². The number of carbonyl (C=O) groups is 1. The highest BCUT2D eigenvalue weighted by molar-refractivity contribution is 9.10. The van der Waals surface area contributed by atoms with Gasteiger partial charge < -0.3 is 14.8 Å². The SMILES string of the molecule is O=C(O)C1(Cc2coc(Br)c2)CCNC1. The molecule has 2 rings (SSSR count). The minimum absolute atomic E-state index is 0.518. The third-order valence-electron chi connectivity index (χ3n) is 2.86. The molecule has 4 nitrogen and oxygen atoms in total. The van der Waals surface area contributed by atoms with Crippen molar-refractivity contribution in [3.63, 3.8) is 0 Å². The maximum atomic E-state index is 11.3. The second-order valence-corrected chi connectivity index (χ2v) is 4.73. The smallest absolute Gasteiger partial charge is 0.311 e. The molecule has 1 aliphatic rings. The average molecular weight is 274 g/mol. The quantitative estimate of drug-likeness (QED) is 0.879. The molecule has 15 heavy (non-hydrogen) atoms. The molecular formula is C10H12BrNO3. The zero-order valence-electron chi connectivity index (χ0n) is 8.12. The summed E-state index contributed by atoms with van der Waals surface area (Å²) in [5.74, 6) is -0.732. The first kappa shape index (κ1) is 10.7. The van der Waals surface area contributed by atoms with Gasteiger partial charge in [0.2, 0.25) is 0 Å². The van der Waals surface area contributed by atoms with Crippen LogP contribution in [0.15, 0.2) is 21.4 Å². The fourth-order valence-electron chi connectivity index (χ4n) is 1.98. The van der Waals surface area contributed by atoms with Crippen molar-refractivity contribution in [3.8, 4) is 0 Å². The van der Waals surface area contributed by atoms with Crippen LogP contribution in [0.3, 0.4) is 0 Å². The highest BCUT2D eigenvalue weighted by Crippen LogP contribution is 2.31. The summed E-state index contributed by atoms with van der Waals surface area (Å²) in [6.45, 7) is 1.30. The van der Waals surface area contributed by atoms with Gasteiger partial charge in [-0.15, -0.1) is 0 Å². The number of aliphatic carboxylic acids is 1. The Hall–Kier alpha value is -0.810. The summed E-state index contributed by atoms with van der Waals surface area (Å²) in [6.07, 6.45) is 2.79. The van der Waals surface area contributed by atoms with Gasteiger partial charge in [0.25, 0.3) is 0 Å². The van der Waals surface area contributed by atoms with Crippen LogP contribution in [0.4, 0.5) is 0 Å². The van der Waals surface area contributed by atoms with E-state index in [4.69, 9.17) is 4.42 Å². The van der Waals surface area contributed by atoms with Crippen LogP contribution in [-0.4, -0.2) is 24.2 Å². The Morgan fingerprint density at radius 2 is 2.53 bits per heavy atom. The third kappa shape index (κ3) is 2.08. The minimum Gasteiger partial charge on any atom is -0.481 e. The molecule has 0 radical (unpaired) electrons. The Labute approximate surface area is 95.8 Å². The monoisotopic (exact) mass is 273 g/mol. The van der Waals surface area contributed by atoms with Gasteiger partial charge >= 0.3 is 5.97 Å². The van der Waals surface area contributed by atoms with Crippen LogP contribution in [0.5, 0.6) is 0 Å². The predicted octanol–water partition coefficient (Wildman–Crippen LogP) is 1.65. The van der Waals surface area contributed by atoms with Crippen molar-refractivity contribution >= 4 is 21.9 Å². The van der Waals surface area contributed by atoms with E-state index in [9.17, 15) is 9.90 Å². The lowest BCUT2D eigenvalue weighted by molar-refractivity contribution is -0.147. The van der Waals surface area contributed by atoms with Gasteiger partial charge in [-0.05, 0) is 46.9 Å². The zero-order chi connectivity index (χ0) is 10.9. The molecule has 1 aromatic rings. The van der Waals surface area contributed by atoms with Crippen LogP contribution in [0.2, 0.25) is 0 Å². The number of hydrogen-bond acceptors (Lipinski definition) is 3. The highest BCUT2D eigenvalue weighted by Gasteiger charge is 2.41. The first-order valence-corrected chi connectivity index (χ1v) is 5.59. The molecular weight excluding hydrogens is 262 g/mol. The van der Waals surface area contributed by atoms with Crippen molar-refractivity contribution in [1.82, 2.24) is 5.32 Å². The molecule has 1 aromatic heterocycles. The number of halogens is 1. The van der Waals surface area contributed by atoms with Gasteiger partial charge in [-0.2, -0.15) is 0 Å². The van der Waals surface area contributed by atoms with E-state index in [1.807, 2.05) is 6.07 Å². The van der Waals surface area contributed by atoms with Gasteiger partial charge in [0.15, 0.2) is 4.67 Å². The van der Waals surface area contributed by atoms with Crippen LogP contribution in [0.25, 0.3) is 0 Å². The Morgan fingerprint density at radius 3 is 3.00 bits per heavy atom. The molecule has 82 valence electrons. The van der Waals surface area contributed by atoms with Crippen LogP contribution in [-0.2, 0) is 11.2 Å². The molecule has 1 saturated heterocycles. The number of rotatable bonds is 3. The number of carboxylic acid groups (broad SMARTS) is 1. The van der Waals surface area contributed by atoms with E-state index in [0.717, 1.165) is 12.1 Å². The standard InChI is InChI=1S/C10H12BrNO3/c11-8-3-7(5-15-8)4-10(9(13)14)1-2-12-6-10/h3,5,12H,1-2,4,6H2,(H,13,14). The molecule has 0 bridgehead atoms. The molecule has 0 amide bonds. The molecule has 5 heteroatoms. The molecule has 0 spiro atoms. The molecule has 1 atom stereocenters. The van der Waals surface area contributed by atoms with Gasteiger partial charge in [0.05, 0.1) is 11.7 Å². The summed E-state index contributed by atoms with van der Waals surface area (Å²) in [5.41, 5.74) is 0.261. The van der Waals surface area contributed by atoms with Gasteiger partial charge in [-0.3, -0.25) is 4.79 Å². The lowest BCUT2D eigenvalue weighted by atomic mass is 9.81. The number of carboxylic acids is 1. The molecule has 1 aliphatic heterocycles. The van der Waals surface area contributed by atoms with Crippen molar-refractivity contribution in [2.45, 2.75) is 12.8 Å². The number of furan rings is 1. The maximum absolute atomic E-state index is 11.3. The van der Waals surface area contributed by atoms with Gasteiger partial charge in [0.1, 0.15) is 0 Å². The topological polar surface area (TPSA) is 62.5 Å². The van der Waals surface area contributed by atoms with E-state index >= 15 is 0 Å². The molecule has 0 aromatic carbocycles. The van der Waals surface area contributed by atoms with Crippen LogP contribution in [0.1, 0.15) is 12.0 Å². The van der Waals surface area contributed by atoms with E-state index < -0.39 is 11.4 Å². The summed E-state index contributed by atoms with van der Waals surface area (Å²) in [6, 6.07) is 1.82. The highest BCUT2D eigenvalue weighted by atomic mass is 79.9. The molecule has 0 aliphatic carbocycles. The Bertz CT molecular complexity index is 368. The summed E-state index contributed by atoms with van der Waals surface area (Å²) in [4.78, 5) is 11.3. The maximum Gasteiger partial charge on any atom is 0.311 e. The van der Waals surface area contributed by atoms with Crippen molar-refractivity contribution in [2.75, 3.05) is 13.1 Å². The fraction of sp³-hybridized carbons (Fsp3) is 0.500. The Kier molecular flexibility index (Phi) is 2.84. The summed E-state index contributed by atoms with van der Waals surface area (Å²) in [5, 5.41) is 12.3. The molecule has 2 heterocycles. The van der Waals surface area contributed by atoms with Gasteiger partial charge in [0, 0.05) is 6.54 Å². The second-order valence-electron chi connectivity index (χ2n) is 3.95. The van der Waals surface area contributed by atoms with Crippen LogP contribution >= 0.6 is 15.9 Å². The first-order valence-electron chi connectivity index (χ1n) is 4.79. The van der Waals surface area contributed by atoms with E-state index in [0.29, 0.717) is 24.1 Å². The Balaban J connectivity index is 2.17. The van der Waals surface area contributed by atoms with E-state index in [1.54, 1.807) is 6.26 Å². The van der Waals surface area contributed by atoms with Crippen molar-refractivity contribution in [1.29, 1.82) is 0 Å². The largest absolute Gasteiger partial charge is 0.481 e. The van der Waals surface area contributed by atoms with Gasteiger partial charge in [-0.1, -0.05) is 0 Å². The average Bonchev–Trinajstić information content (AvgIpc) is 2.77. The zero-order valence-corrected chi connectivity index (χ0v) is 9.71. The number of nitrogens with one attached hydrogen (secondary N) is 1. The van der Waals surface area contributed by atoms with E-state index in [-0.39, 0.29) is 0 Å². The summed E-state index contributed by atoms with van der Waals surface area (Å²) < 4.78 is 5.75. The van der Waals surface area contributed by atoms with E-state index in [2.05, 4.69) is 21.2 Å². The van der Waals surface area contributed by atoms with Gasteiger partial charge in [-0.25, -0.2) is 0 Å². The summed E-state index contributed by atoms with van der Waals surface area (Å²) in [7, 11) is 0. The number of hydrogen-bond donors (Lipinski definition) is 2. The minimum atomic E-state index is -0.732. The lowest BCUT2D eigenvalue weighted by Crippen LogP contribution is -2.35. The third-order valence-corrected chi connectivity index (χ3v) is 3.28. The van der Waals surface area contributed by atoms with Crippen molar-refractivity contribution in [2.24, 2.45) is 5.41 Å². The fourth-order valence-corrected chi connectivity index (χ4v) is 2.37. The van der Waals surface area contributed by atoms with Crippen molar-refractivity contribution in [3.05, 3.63) is 22.6 Å². The molecule has 2 N–H and O–H groups in total. The molecule has 1 fully saturated rings. The molecule has 0 saturated carbocycles. The second kappa shape index (κ2) is 3.98. The molecule has 1 unspecified atom stereocenters. The Morgan fingerprint density at radius 1 is 1.73 bits per heavy atom.